The third kappa shape index (κ3) is 0.692. The minimum absolute atomic E-state index is 0.0602. The molecule has 14 heavy (non-hydrogen) atoms. The maximum absolute atomic E-state index is 5.60. The maximum atomic E-state index is 5.60. The highest BCUT2D eigenvalue weighted by Crippen LogP contribution is 2.45. The first-order valence-corrected chi connectivity index (χ1v) is 4.92. The van der Waals surface area contributed by atoms with Gasteiger partial charge in [-0.2, -0.15) is 10.2 Å². The van der Waals surface area contributed by atoms with Gasteiger partial charge >= 0.3 is 0 Å². The number of nitrogens with zero attached hydrogens (tertiary/aromatic N) is 2. The molecule has 3 saturated heterocycles. The zero-order chi connectivity index (χ0) is 9.28. The molecule has 0 aromatic heterocycles. The Morgan fingerprint density at radius 3 is 2.07 bits per heavy atom. The van der Waals surface area contributed by atoms with Gasteiger partial charge in [-0.25, -0.2) is 0 Å². The van der Waals surface area contributed by atoms with Gasteiger partial charge in [0.15, 0.2) is 0 Å². The van der Waals surface area contributed by atoms with Gasteiger partial charge in [0, 0.05) is 0 Å². The summed E-state index contributed by atoms with van der Waals surface area (Å²) in [7, 11) is 1.92. The molecule has 1 aliphatic carbocycles. The van der Waals surface area contributed by atoms with Crippen molar-refractivity contribution in [3.8, 4) is 0 Å². The Morgan fingerprint density at radius 1 is 0.929 bits per heavy atom. The van der Waals surface area contributed by atoms with Gasteiger partial charge in [-0.05, 0) is 7.05 Å². The summed E-state index contributed by atoms with van der Waals surface area (Å²) >= 11 is 0. The molecule has 1 saturated carbocycles. The van der Waals surface area contributed by atoms with Crippen LogP contribution in [0.2, 0.25) is 0 Å². The van der Waals surface area contributed by atoms with E-state index in [-0.39, 0.29) is 36.4 Å². The Kier molecular flexibility index (Phi) is 1.28. The fourth-order valence-corrected chi connectivity index (χ4v) is 2.91. The minimum Gasteiger partial charge on any atom is -0.322 e. The lowest BCUT2D eigenvalue weighted by Gasteiger charge is -2.54. The number of ether oxygens (including phenoxy) is 3. The predicted molar refractivity (Wildman–Crippen MR) is 43.7 cm³/mol. The summed E-state index contributed by atoms with van der Waals surface area (Å²) in [6.45, 7) is -0.490. The standard InChI is InChI=1S/C8H11N3O3/c1-9-2-5-3-7-4(11-10-3)6(2)13-8(12-5)14-7/h2-9H,1H3/t2?,3-,4-,5-,6+,7?,8?/m0/s1. The Morgan fingerprint density at radius 2 is 1.50 bits per heavy atom. The van der Waals surface area contributed by atoms with Crippen LogP contribution in [0.25, 0.3) is 0 Å². The molecule has 3 unspecified atom stereocenters. The van der Waals surface area contributed by atoms with Crippen LogP contribution in [0, 0.1) is 0 Å². The van der Waals surface area contributed by atoms with E-state index in [1.807, 2.05) is 7.05 Å². The van der Waals surface area contributed by atoms with Crippen LogP contribution >= 0.6 is 0 Å². The third-order valence-electron chi connectivity index (χ3n) is 3.53. The number of azo groups is 1. The van der Waals surface area contributed by atoms with Crippen molar-refractivity contribution >= 4 is 0 Å². The second-order valence-electron chi connectivity index (χ2n) is 4.12. The van der Waals surface area contributed by atoms with Gasteiger partial charge in [-0.1, -0.05) is 0 Å². The smallest absolute Gasteiger partial charge is 0.272 e. The highest BCUT2D eigenvalue weighted by molar-refractivity contribution is 5.15. The van der Waals surface area contributed by atoms with Crippen LogP contribution in [-0.2, 0) is 14.2 Å². The lowest BCUT2D eigenvalue weighted by atomic mass is 9.80. The van der Waals surface area contributed by atoms with Gasteiger partial charge in [0.05, 0.1) is 6.04 Å². The topological polar surface area (TPSA) is 64.4 Å². The molecular weight excluding hydrogens is 186 g/mol. The van der Waals surface area contributed by atoms with E-state index in [1.165, 1.54) is 0 Å². The highest BCUT2D eigenvalue weighted by atomic mass is 16.9. The quantitative estimate of drug-likeness (QED) is 0.601. The number of nitrogens with one attached hydrogen (secondary N) is 1. The average Bonchev–Trinajstić information content (AvgIpc) is 2.58. The Bertz CT molecular complexity index is 286. The van der Waals surface area contributed by atoms with Crippen LogP contribution in [0.1, 0.15) is 0 Å². The van der Waals surface area contributed by atoms with Crippen molar-refractivity contribution in [1.82, 2.24) is 5.32 Å². The molecule has 0 aromatic rings. The van der Waals surface area contributed by atoms with Gasteiger partial charge in [0.25, 0.3) is 6.48 Å². The van der Waals surface area contributed by atoms with Gasteiger partial charge in [0.2, 0.25) is 0 Å². The van der Waals surface area contributed by atoms with Gasteiger partial charge in [-0.15, -0.1) is 0 Å². The van der Waals surface area contributed by atoms with Crippen LogP contribution in [0.5, 0.6) is 0 Å². The molecule has 0 aromatic carbocycles. The fraction of sp³-hybridized carbons (Fsp3) is 1.00. The van der Waals surface area contributed by atoms with Crippen LogP contribution in [0.3, 0.4) is 0 Å². The fourth-order valence-electron chi connectivity index (χ4n) is 2.91. The molecule has 5 aliphatic rings. The molecule has 4 fully saturated rings. The van der Waals surface area contributed by atoms with E-state index in [2.05, 4.69) is 15.5 Å². The zero-order valence-electron chi connectivity index (χ0n) is 7.66. The van der Waals surface area contributed by atoms with Crippen molar-refractivity contribution in [1.29, 1.82) is 0 Å². The van der Waals surface area contributed by atoms with E-state index < -0.39 is 6.48 Å². The molecule has 7 atom stereocenters. The summed E-state index contributed by atoms with van der Waals surface area (Å²) in [4.78, 5) is 0. The molecule has 4 aliphatic heterocycles. The van der Waals surface area contributed by atoms with Crippen molar-refractivity contribution in [2.75, 3.05) is 7.05 Å². The maximum Gasteiger partial charge on any atom is 0.272 e. The zero-order valence-corrected chi connectivity index (χ0v) is 7.66. The first-order chi connectivity index (χ1) is 6.88. The van der Waals surface area contributed by atoms with Crippen molar-refractivity contribution in [2.24, 2.45) is 10.2 Å². The first kappa shape index (κ1) is 7.70. The van der Waals surface area contributed by atoms with E-state index in [9.17, 15) is 0 Å². The van der Waals surface area contributed by atoms with Crippen molar-refractivity contribution in [3.05, 3.63) is 0 Å². The number of hydrogen-bond donors (Lipinski definition) is 1. The summed E-state index contributed by atoms with van der Waals surface area (Å²) in [6.07, 6.45) is 0.206. The Labute approximate surface area is 80.6 Å². The highest BCUT2D eigenvalue weighted by Gasteiger charge is 2.64. The third-order valence-corrected chi connectivity index (χ3v) is 3.53. The second kappa shape index (κ2) is 2.33. The summed E-state index contributed by atoms with van der Waals surface area (Å²) in [6, 6.07) is 0.319. The van der Waals surface area contributed by atoms with E-state index in [4.69, 9.17) is 14.2 Å². The van der Waals surface area contributed by atoms with E-state index in [0.717, 1.165) is 0 Å². The monoisotopic (exact) mass is 197 g/mol. The Balaban J connectivity index is 1.81. The molecule has 76 valence electrons. The molecule has 5 rings (SSSR count). The molecule has 0 amide bonds. The summed E-state index contributed by atoms with van der Waals surface area (Å²) in [5.74, 6) is 0. The molecule has 6 nitrogen and oxygen atoms in total. The minimum atomic E-state index is -0.490. The van der Waals surface area contributed by atoms with Gasteiger partial charge in [0.1, 0.15) is 30.4 Å². The number of hydrogen-bond acceptors (Lipinski definition) is 6. The molecule has 0 spiro atoms. The van der Waals surface area contributed by atoms with Crippen molar-refractivity contribution in [3.63, 3.8) is 0 Å². The van der Waals surface area contributed by atoms with E-state index >= 15 is 0 Å². The van der Waals surface area contributed by atoms with Crippen LogP contribution < -0.4 is 5.32 Å². The molecule has 6 bridgehead atoms. The first-order valence-electron chi connectivity index (χ1n) is 4.92. The van der Waals surface area contributed by atoms with Crippen molar-refractivity contribution < 1.29 is 14.2 Å². The number of likely N-dealkylation sites (N-methyl/N-ethyl adjacent to an activating group) is 1. The summed E-state index contributed by atoms with van der Waals surface area (Å²) in [5.41, 5.74) is 0. The lowest BCUT2D eigenvalue weighted by molar-refractivity contribution is -0.432. The van der Waals surface area contributed by atoms with Crippen LogP contribution in [-0.4, -0.2) is 50.0 Å². The molecule has 0 radical (unpaired) electrons. The molecule has 1 N–H and O–H groups in total. The van der Waals surface area contributed by atoms with Gasteiger partial charge in [-0.3, -0.25) is 0 Å². The van der Waals surface area contributed by atoms with Crippen molar-refractivity contribution in [2.45, 2.75) is 42.9 Å². The summed E-state index contributed by atoms with van der Waals surface area (Å²) < 4.78 is 16.7. The largest absolute Gasteiger partial charge is 0.322 e. The predicted octanol–water partition coefficient (Wildman–Crippen LogP) is -0.743. The van der Waals surface area contributed by atoms with Crippen LogP contribution in [0.15, 0.2) is 10.2 Å². The normalized spacial score (nSPS) is 62.5. The van der Waals surface area contributed by atoms with Crippen LogP contribution in [0.4, 0.5) is 0 Å². The molecule has 4 heterocycles. The van der Waals surface area contributed by atoms with E-state index in [0.29, 0.717) is 0 Å². The average molecular weight is 197 g/mol. The van der Waals surface area contributed by atoms with E-state index in [1.54, 1.807) is 0 Å². The molecular formula is C8H11N3O3. The number of rotatable bonds is 1. The Hall–Kier alpha value is -0.560. The molecule has 6 heteroatoms. The SMILES string of the molecule is CNC1[C@H]2OC3OC4[C@H]2N=N[C@H]4[C@H]1O3. The lowest BCUT2D eigenvalue weighted by Crippen LogP contribution is -2.74. The second-order valence-corrected chi connectivity index (χ2v) is 4.12. The van der Waals surface area contributed by atoms with Gasteiger partial charge < -0.3 is 19.5 Å². The summed E-state index contributed by atoms with van der Waals surface area (Å²) in [5, 5.41) is 11.6.